The summed E-state index contributed by atoms with van der Waals surface area (Å²) in [5.74, 6) is 1.07. The highest BCUT2D eigenvalue weighted by Gasteiger charge is 2.15. The third-order valence-corrected chi connectivity index (χ3v) is 4.09. The fraction of sp³-hybridized carbons (Fsp3) is 0.462. The fourth-order valence-electron chi connectivity index (χ4n) is 1.83. The zero-order valence-electron chi connectivity index (χ0n) is 10.4. The number of benzene rings is 1. The molecule has 0 bridgehead atoms. The topological polar surface area (TPSA) is 20.3 Å². The number of carbonyl (C=O) groups excluding carboxylic acids is 1. The van der Waals surface area contributed by atoms with E-state index in [0.717, 1.165) is 34.2 Å². The maximum atomic E-state index is 11.1. The van der Waals surface area contributed by atoms with E-state index < -0.39 is 0 Å². The first kappa shape index (κ1) is 14.6. The average molecular weight is 316 g/mol. The quantitative estimate of drug-likeness (QED) is 0.744. The molecule has 0 N–H and O–H groups in total. The Hall–Kier alpha value is -0.480. The van der Waals surface area contributed by atoms with E-state index in [1.165, 1.54) is 0 Å². The van der Waals surface area contributed by atoms with Gasteiger partial charge < -0.3 is 4.90 Å². The Balaban J connectivity index is 3.01. The number of hydrogen-bond donors (Lipinski definition) is 0. The predicted octanol–water partition coefficient (Wildman–Crippen LogP) is 3.84. The summed E-state index contributed by atoms with van der Waals surface area (Å²) in [5, 5.41) is 0. The number of rotatable bonds is 6. The van der Waals surface area contributed by atoms with Crippen LogP contribution < -0.4 is 4.90 Å². The van der Waals surface area contributed by atoms with Gasteiger partial charge >= 0.3 is 0 Å². The fourth-order valence-corrected chi connectivity index (χ4v) is 3.06. The van der Waals surface area contributed by atoms with E-state index in [0.29, 0.717) is 6.04 Å². The summed E-state index contributed by atoms with van der Waals surface area (Å²) in [6.45, 7) is 2.18. The van der Waals surface area contributed by atoms with Crippen molar-refractivity contribution < 1.29 is 4.79 Å². The molecule has 0 aliphatic heterocycles. The zero-order chi connectivity index (χ0) is 12.8. The summed E-state index contributed by atoms with van der Waals surface area (Å²) in [5.41, 5.74) is 1.74. The molecule has 0 fully saturated rings. The molecule has 0 saturated carbocycles. The Morgan fingerprint density at radius 2 is 2.24 bits per heavy atom. The number of nitrogens with zero attached hydrogens (tertiary/aromatic N) is 1. The molecular weight excluding hydrogens is 298 g/mol. The molecule has 1 aromatic carbocycles. The van der Waals surface area contributed by atoms with Crippen LogP contribution in [-0.2, 0) is 0 Å². The second-order valence-corrected chi connectivity index (χ2v) is 5.78. The average Bonchev–Trinajstić information content (AvgIpc) is 2.34. The second kappa shape index (κ2) is 7.07. The molecule has 2 nitrogen and oxygen atoms in total. The first-order valence-corrected chi connectivity index (χ1v) is 7.79. The number of anilines is 1. The van der Waals surface area contributed by atoms with E-state index in [4.69, 9.17) is 0 Å². The van der Waals surface area contributed by atoms with Gasteiger partial charge in [0.05, 0.1) is 0 Å². The van der Waals surface area contributed by atoms with Crippen molar-refractivity contribution in [1.82, 2.24) is 0 Å². The van der Waals surface area contributed by atoms with Crippen LogP contribution in [0.1, 0.15) is 23.7 Å². The Bertz CT molecular complexity index is 384. The highest BCUT2D eigenvalue weighted by Crippen LogP contribution is 2.25. The highest BCUT2D eigenvalue weighted by atomic mass is 79.9. The van der Waals surface area contributed by atoms with E-state index in [1.54, 1.807) is 0 Å². The molecule has 4 heteroatoms. The molecule has 0 saturated heterocycles. The molecule has 17 heavy (non-hydrogen) atoms. The molecule has 1 aromatic rings. The number of aldehydes is 1. The monoisotopic (exact) mass is 315 g/mol. The minimum atomic E-state index is 0.463. The van der Waals surface area contributed by atoms with Crippen LogP contribution in [0.5, 0.6) is 0 Å². The molecule has 1 rings (SSSR count). The van der Waals surface area contributed by atoms with Crippen molar-refractivity contribution in [3.63, 3.8) is 0 Å². The number of carbonyl (C=O) groups is 1. The second-order valence-electron chi connectivity index (χ2n) is 3.95. The van der Waals surface area contributed by atoms with Gasteiger partial charge in [-0.25, -0.2) is 0 Å². The lowest BCUT2D eigenvalue weighted by atomic mass is 10.1. The molecule has 0 amide bonds. The van der Waals surface area contributed by atoms with Gasteiger partial charge in [0.25, 0.3) is 0 Å². The highest BCUT2D eigenvalue weighted by molar-refractivity contribution is 9.10. The van der Waals surface area contributed by atoms with Gasteiger partial charge in [-0.05, 0) is 30.9 Å². The van der Waals surface area contributed by atoms with Crippen molar-refractivity contribution in [2.45, 2.75) is 19.4 Å². The van der Waals surface area contributed by atoms with Gasteiger partial charge in [0, 0.05) is 34.6 Å². The van der Waals surface area contributed by atoms with Gasteiger partial charge in [0.1, 0.15) is 0 Å². The van der Waals surface area contributed by atoms with Crippen LogP contribution >= 0.6 is 27.7 Å². The first-order chi connectivity index (χ1) is 8.13. The van der Waals surface area contributed by atoms with Crippen LogP contribution in [0, 0.1) is 0 Å². The zero-order valence-corrected chi connectivity index (χ0v) is 12.8. The molecule has 0 spiro atoms. The van der Waals surface area contributed by atoms with Gasteiger partial charge in [-0.1, -0.05) is 22.9 Å². The standard InChI is InChI=1S/C13H18BrNOS/c1-4-12(9-17-3)15(2)13-6-5-11(14)7-10(13)8-16/h5-8,12H,4,9H2,1-3H3. The molecule has 0 radical (unpaired) electrons. The summed E-state index contributed by atoms with van der Waals surface area (Å²) < 4.78 is 0.940. The van der Waals surface area contributed by atoms with Crippen LogP contribution in [0.15, 0.2) is 22.7 Å². The van der Waals surface area contributed by atoms with E-state index in [9.17, 15) is 4.79 Å². The van der Waals surface area contributed by atoms with Gasteiger partial charge in [-0.15, -0.1) is 0 Å². The van der Waals surface area contributed by atoms with Gasteiger partial charge in [0.15, 0.2) is 6.29 Å². The summed E-state index contributed by atoms with van der Waals surface area (Å²) >= 11 is 5.22. The molecule has 94 valence electrons. The van der Waals surface area contributed by atoms with Crippen molar-refractivity contribution in [2.75, 3.05) is 24.0 Å². The molecule has 1 unspecified atom stereocenters. The minimum Gasteiger partial charge on any atom is -0.370 e. The van der Waals surface area contributed by atoms with E-state index in [2.05, 4.69) is 41.1 Å². The third-order valence-electron chi connectivity index (χ3n) is 2.87. The van der Waals surface area contributed by atoms with Crippen LogP contribution in [0.3, 0.4) is 0 Å². The lowest BCUT2D eigenvalue weighted by Crippen LogP contribution is -2.33. The van der Waals surface area contributed by atoms with Crippen molar-refractivity contribution in [3.8, 4) is 0 Å². The van der Waals surface area contributed by atoms with Crippen molar-refractivity contribution in [2.24, 2.45) is 0 Å². The summed E-state index contributed by atoms with van der Waals surface area (Å²) in [6.07, 6.45) is 4.10. The Labute approximate surface area is 116 Å². The van der Waals surface area contributed by atoms with E-state index in [1.807, 2.05) is 30.0 Å². The number of hydrogen-bond acceptors (Lipinski definition) is 3. The first-order valence-electron chi connectivity index (χ1n) is 5.60. The van der Waals surface area contributed by atoms with Crippen molar-refractivity contribution >= 4 is 39.7 Å². The van der Waals surface area contributed by atoms with Crippen LogP contribution in [0.4, 0.5) is 5.69 Å². The maximum absolute atomic E-state index is 11.1. The summed E-state index contributed by atoms with van der Waals surface area (Å²) in [4.78, 5) is 13.3. The van der Waals surface area contributed by atoms with Gasteiger partial charge in [-0.2, -0.15) is 11.8 Å². The van der Waals surface area contributed by atoms with Crippen LogP contribution in [-0.4, -0.2) is 31.4 Å². The molecule has 1 atom stereocenters. The summed E-state index contributed by atoms with van der Waals surface area (Å²) in [6, 6.07) is 6.30. The van der Waals surface area contributed by atoms with Crippen molar-refractivity contribution in [1.29, 1.82) is 0 Å². The Morgan fingerprint density at radius 1 is 1.53 bits per heavy atom. The third kappa shape index (κ3) is 3.75. The Morgan fingerprint density at radius 3 is 2.76 bits per heavy atom. The smallest absolute Gasteiger partial charge is 0.152 e. The van der Waals surface area contributed by atoms with E-state index in [-0.39, 0.29) is 0 Å². The molecule has 0 aromatic heterocycles. The van der Waals surface area contributed by atoms with Gasteiger partial charge in [0.2, 0.25) is 0 Å². The summed E-state index contributed by atoms with van der Waals surface area (Å²) in [7, 11) is 2.06. The normalized spacial score (nSPS) is 12.2. The van der Waals surface area contributed by atoms with Crippen molar-refractivity contribution in [3.05, 3.63) is 28.2 Å². The molecule has 0 heterocycles. The van der Waals surface area contributed by atoms with Crippen LogP contribution in [0.2, 0.25) is 0 Å². The largest absolute Gasteiger partial charge is 0.370 e. The molecule has 0 aliphatic carbocycles. The molecule has 0 aliphatic rings. The predicted molar refractivity (Wildman–Crippen MR) is 80.4 cm³/mol. The molecular formula is C13H18BrNOS. The SMILES string of the molecule is CCC(CSC)N(C)c1ccc(Br)cc1C=O. The lowest BCUT2D eigenvalue weighted by molar-refractivity contribution is 0.112. The van der Waals surface area contributed by atoms with Crippen LogP contribution in [0.25, 0.3) is 0 Å². The van der Waals surface area contributed by atoms with Gasteiger partial charge in [-0.3, -0.25) is 4.79 Å². The lowest BCUT2D eigenvalue weighted by Gasteiger charge is -2.29. The maximum Gasteiger partial charge on any atom is 0.152 e. The number of halogens is 1. The van der Waals surface area contributed by atoms with E-state index >= 15 is 0 Å². The number of thioether (sulfide) groups is 1. The minimum absolute atomic E-state index is 0.463. The Kier molecular flexibility index (Phi) is 6.06.